The van der Waals surface area contributed by atoms with Gasteiger partial charge in [-0.2, -0.15) is 0 Å². The van der Waals surface area contributed by atoms with Gasteiger partial charge in [0.1, 0.15) is 11.6 Å². The Labute approximate surface area is 123 Å². The van der Waals surface area contributed by atoms with Gasteiger partial charge in [0.05, 0.1) is 24.1 Å². The van der Waals surface area contributed by atoms with E-state index in [1.165, 1.54) is 6.07 Å². The standard InChI is InChI=1S/C17H18FNO2/c1-12(20)13-6-4-7-14(18)17(13)19-10-5-11-21-16-9-3-2-8-15(16)19/h2-4,6-9,12,20H,5,10-11H2,1H3. The molecule has 3 nitrogen and oxygen atoms in total. The number of rotatable bonds is 2. The summed E-state index contributed by atoms with van der Waals surface area (Å²) in [6.07, 6.45) is 0.0643. The molecule has 0 aromatic heterocycles. The summed E-state index contributed by atoms with van der Waals surface area (Å²) in [5.74, 6) is 0.417. The highest BCUT2D eigenvalue weighted by molar-refractivity contribution is 5.72. The molecule has 0 bridgehead atoms. The van der Waals surface area contributed by atoms with Crippen LogP contribution >= 0.6 is 0 Å². The second kappa shape index (κ2) is 5.74. The summed E-state index contributed by atoms with van der Waals surface area (Å²) >= 11 is 0. The van der Waals surface area contributed by atoms with Gasteiger partial charge < -0.3 is 14.7 Å². The fourth-order valence-electron chi connectivity index (χ4n) is 2.71. The smallest absolute Gasteiger partial charge is 0.147 e. The van der Waals surface area contributed by atoms with Crippen LogP contribution in [-0.2, 0) is 0 Å². The molecule has 0 radical (unpaired) electrons. The molecule has 2 aromatic rings. The van der Waals surface area contributed by atoms with Crippen LogP contribution in [0.15, 0.2) is 42.5 Å². The Kier molecular flexibility index (Phi) is 3.80. The first kappa shape index (κ1) is 13.9. The van der Waals surface area contributed by atoms with Crippen LogP contribution in [0.2, 0.25) is 0 Å². The fraction of sp³-hybridized carbons (Fsp3) is 0.294. The Morgan fingerprint density at radius 3 is 2.81 bits per heavy atom. The number of fused-ring (bicyclic) bond motifs is 1. The molecule has 1 atom stereocenters. The van der Waals surface area contributed by atoms with Gasteiger partial charge in [0.2, 0.25) is 0 Å². The molecule has 1 heterocycles. The molecule has 0 spiro atoms. The highest BCUT2D eigenvalue weighted by Gasteiger charge is 2.23. The minimum Gasteiger partial charge on any atom is -0.491 e. The molecular weight excluding hydrogens is 269 g/mol. The van der Waals surface area contributed by atoms with Crippen molar-refractivity contribution in [3.05, 3.63) is 53.8 Å². The molecule has 0 saturated carbocycles. The predicted molar refractivity (Wildman–Crippen MR) is 80.6 cm³/mol. The fourth-order valence-corrected chi connectivity index (χ4v) is 2.71. The molecule has 1 aliphatic rings. The van der Waals surface area contributed by atoms with Crippen LogP contribution in [0.5, 0.6) is 5.75 Å². The summed E-state index contributed by atoms with van der Waals surface area (Å²) in [5, 5.41) is 9.95. The number of hydrogen-bond acceptors (Lipinski definition) is 3. The van der Waals surface area contributed by atoms with E-state index in [-0.39, 0.29) is 5.82 Å². The van der Waals surface area contributed by atoms with Crippen molar-refractivity contribution >= 4 is 11.4 Å². The van der Waals surface area contributed by atoms with Crippen molar-refractivity contribution in [2.45, 2.75) is 19.4 Å². The maximum atomic E-state index is 14.4. The zero-order valence-electron chi connectivity index (χ0n) is 11.9. The SMILES string of the molecule is CC(O)c1cccc(F)c1N1CCCOc2ccccc21. The molecule has 0 amide bonds. The highest BCUT2D eigenvalue weighted by atomic mass is 19.1. The maximum Gasteiger partial charge on any atom is 0.147 e. The van der Waals surface area contributed by atoms with Crippen molar-refractivity contribution in [2.75, 3.05) is 18.1 Å². The second-order valence-corrected chi connectivity index (χ2v) is 5.18. The first-order valence-electron chi connectivity index (χ1n) is 7.14. The third-order valence-corrected chi connectivity index (χ3v) is 3.68. The third kappa shape index (κ3) is 2.59. The molecule has 1 unspecified atom stereocenters. The molecule has 21 heavy (non-hydrogen) atoms. The molecule has 0 aliphatic carbocycles. The van der Waals surface area contributed by atoms with Crippen molar-refractivity contribution in [1.82, 2.24) is 0 Å². The molecule has 3 rings (SSSR count). The number of hydrogen-bond donors (Lipinski definition) is 1. The monoisotopic (exact) mass is 287 g/mol. The topological polar surface area (TPSA) is 32.7 Å². The van der Waals surface area contributed by atoms with E-state index >= 15 is 0 Å². The highest BCUT2D eigenvalue weighted by Crippen LogP contribution is 2.40. The molecule has 2 aromatic carbocycles. The molecule has 1 aliphatic heterocycles. The molecular formula is C17H18FNO2. The van der Waals surface area contributed by atoms with Gasteiger partial charge in [0.25, 0.3) is 0 Å². The van der Waals surface area contributed by atoms with Crippen LogP contribution in [0, 0.1) is 5.82 Å². The Balaban J connectivity index is 2.17. The van der Waals surface area contributed by atoms with Crippen molar-refractivity contribution in [2.24, 2.45) is 0 Å². The lowest BCUT2D eigenvalue weighted by Gasteiger charge is -2.27. The van der Waals surface area contributed by atoms with E-state index in [1.54, 1.807) is 19.1 Å². The van der Waals surface area contributed by atoms with Gasteiger partial charge in [-0.15, -0.1) is 0 Å². The second-order valence-electron chi connectivity index (χ2n) is 5.18. The molecule has 0 saturated heterocycles. The van der Waals surface area contributed by atoms with Crippen LogP contribution in [0.4, 0.5) is 15.8 Å². The summed E-state index contributed by atoms with van der Waals surface area (Å²) in [7, 11) is 0. The van der Waals surface area contributed by atoms with Gasteiger partial charge >= 0.3 is 0 Å². The van der Waals surface area contributed by atoms with Gasteiger partial charge in [-0.05, 0) is 31.5 Å². The average molecular weight is 287 g/mol. The lowest BCUT2D eigenvalue weighted by atomic mass is 10.1. The number of benzene rings is 2. The summed E-state index contributed by atoms with van der Waals surface area (Å²) in [6, 6.07) is 12.4. The number of anilines is 2. The zero-order chi connectivity index (χ0) is 14.8. The number of halogens is 1. The summed E-state index contributed by atoms with van der Waals surface area (Å²) in [4.78, 5) is 1.90. The van der Waals surface area contributed by atoms with Gasteiger partial charge in [0, 0.05) is 12.1 Å². The summed E-state index contributed by atoms with van der Waals surface area (Å²) in [6.45, 7) is 2.90. The van der Waals surface area contributed by atoms with Gasteiger partial charge in [0.15, 0.2) is 0 Å². The lowest BCUT2D eigenvalue weighted by Crippen LogP contribution is -2.21. The van der Waals surface area contributed by atoms with Gasteiger partial charge in [-0.25, -0.2) is 4.39 Å². The molecule has 110 valence electrons. The normalized spacial score (nSPS) is 15.9. The van der Waals surface area contributed by atoms with Crippen LogP contribution in [0.3, 0.4) is 0 Å². The Hall–Kier alpha value is -2.07. The Bertz CT molecular complexity index is 642. The van der Waals surface area contributed by atoms with E-state index < -0.39 is 6.10 Å². The van der Waals surface area contributed by atoms with Crippen LogP contribution in [0.1, 0.15) is 25.0 Å². The number of para-hydroxylation sites is 3. The summed E-state index contributed by atoms with van der Waals surface area (Å²) < 4.78 is 20.1. The van der Waals surface area contributed by atoms with Crippen LogP contribution < -0.4 is 9.64 Å². The van der Waals surface area contributed by atoms with Crippen molar-refractivity contribution in [3.63, 3.8) is 0 Å². The number of ether oxygens (including phenoxy) is 1. The molecule has 1 N–H and O–H groups in total. The van der Waals surface area contributed by atoms with Crippen molar-refractivity contribution < 1.29 is 14.2 Å². The Morgan fingerprint density at radius 1 is 1.19 bits per heavy atom. The lowest BCUT2D eigenvalue weighted by molar-refractivity contribution is 0.199. The van der Waals surface area contributed by atoms with Crippen molar-refractivity contribution in [1.29, 1.82) is 0 Å². The van der Waals surface area contributed by atoms with E-state index in [0.717, 1.165) is 17.9 Å². The quantitative estimate of drug-likeness (QED) is 0.912. The largest absolute Gasteiger partial charge is 0.491 e. The first-order valence-corrected chi connectivity index (χ1v) is 7.14. The minimum absolute atomic E-state index is 0.329. The molecule has 0 fully saturated rings. The average Bonchev–Trinajstić information content (AvgIpc) is 2.69. The number of nitrogens with zero attached hydrogens (tertiary/aromatic N) is 1. The van der Waals surface area contributed by atoms with Crippen LogP contribution in [-0.4, -0.2) is 18.3 Å². The van der Waals surface area contributed by atoms with E-state index in [4.69, 9.17) is 4.74 Å². The Morgan fingerprint density at radius 2 is 2.00 bits per heavy atom. The van der Waals surface area contributed by atoms with E-state index in [1.807, 2.05) is 29.2 Å². The zero-order valence-corrected chi connectivity index (χ0v) is 11.9. The van der Waals surface area contributed by atoms with E-state index in [9.17, 15) is 9.50 Å². The van der Waals surface area contributed by atoms with Crippen LogP contribution in [0.25, 0.3) is 0 Å². The van der Waals surface area contributed by atoms with E-state index in [0.29, 0.717) is 24.4 Å². The third-order valence-electron chi connectivity index (χ3n) is 3.68. The first-order chi connectivity index (χ1) is 10.2. The predicted octanol–water partition coefficient (Wildman–Crippen LogP) is 3.80. The van der Waals surface area contributed by atoms with Gasteiger partial charge in [-0.3, -0.25) is 0 Å². The number of aliphatic hydroxyl groups excluding tert-OH is 1. The van der Waals surface area contributed by atoms with Crippen molar-refractivity contribution in [3.8, 4) is 5.75 Å². The van der Waals surface area contributed by atoms with Gasteiger partial charge in [-0.1, -0.05) is 24.3 Å². The minimum atomic E-state index is -0.730. The summed E-state index contributed by atoms with van der Waals surface area (Å²) in [5.41, 5.74) is 1.86. The number of aliphatic hydroxyl groups is 1. The van der Waals surface area contributed by atoms with E-state index in [2.05, 4.69) is 0 Å². The maximum absolute atomic E-state index is 14.4. The molecule has 4 heteroatoms.